The quantitative estimate of drug-likeness (QED) is 0.893. The molecule has 2 N–H and O–H groups in total. The summed E-state index contributed by atoms with van der Waals surface area (Å²) < 4.78 is 5.09. The van der Waals surface area contributed by atoms with Gasteiger partial charge in [-0.3, -0.25) is 4.79 Å². The molecule has 0 aliphatic heterocycles. The first kappa shape index (κ1) is 15.4. The second-order valence-corrected chi connectivity index (χ2v) is 5.77. The Bertz CT molecular complexity index is 543. The van der Waals surface area contributed by atoms with Crippen molar-refractivity contribution in [1.82, 2.24) is 5.32 Å². The van der Waals surface area contributed by atoms with Crippen LogP contribution >= 0.6 is 0 Å². The Morgan fingerprint density at radius 1 is 1.43 bits per heavy atom. The number of benzene rings is 1. The van der Waals surface area contributed by atoms with E-state index in [-0.39, 0.29) is 5.91 Å². The van der Waals surface area contributed by atoms with E-state index in [0.717, 1.165) is 12.8 Å². The zero-order valence-corrected chi connectivity index (χ0v) is 12.4. The van der Waals surface area contributed by atoms with Crippen molar-refractivity contribution in [2.24, 2.45) is 5.92 Å². The SMILES string of the molecule is COc1cccc(C(=O)NC2(C(=O)O)CCCC(C)C2)c1. The van der Waals surface area contributed by atoms with Crippen molar-refractivity contribution < 1.29 is 19.4 Å². The van der Waals surface area contributed by atoms with Crippen LogP contribution in [0.3, 0.4) is 0 Å². The number of methoxy groups -OCH3 is 1. The van der Waals surface area contributed by atoms with E-state index in [2.05, 4.69) is 5.32 Å². The molecule has 21 heavy (non-hydrogen) atoms. The van der Waals surface area contributed by atoms with Crippen molar-refractivity contribution in [2.75, 3.05) is 7.11 Å². The highest BCUT2D eigenvalue weighted by molar-refractivity contribution is 5.98. The first-order chi connectivity index (χ1) is 9.97. The fourth-order valence-corrected chi connectivity index (χ4v) is 2.97. The average molecular weight is 291 g/mol. The summed E-state index contributed by atoms with van der Waals surface area (Å²) in [5.41, 5.74) is -0.745. The zero-order chi connectivity index (χ0) is 15.5. The number of carboxylic acid groups (broad SMARTS) is 1. The highest BCUT2D eigenvalue weighted by Crippen LogP contribution is 2.33. The Labute approximate surface area is 124 Å². The highest BCUT2D eigenvalue weighted by Gasteiger charge is 2.43. The molecule has 0 bridgehead atoms. The minimum absolute atomic E-state index is 0.292. The molecular weight excluding hydrogens is 270 g/mol. The Kier molecular flexibility index (Phi) is 4.50. The Morgan fingerprint density at radius 2 is 2.19 bits per heavy atom. The van der Waals surface area contributed by atoms with Gasteiger partial charge in [-0.15, -0.1) is 0 Å². The van der Waals surface area contributed by atoms with E-state index < -0.39 is 11.5 Å². The number of ether oxygens (including phenoxy) is 1. The van der Waals surface area contributed by atoms with Gasteiger partial charge >= 0.3 is 5.97 Å². The minimum atomic E-state index is -1.15. The molecule has 2 rings (SSSR count). The van der Waals surface area contributed by atoms with Crippen molar-refractivity contribution in [3.63, 3.8) is 0 Å². The van der Waals surface area contributed by atoms with Crippen LogP contribution in [0.4, 0.5) is 0 Å². The van der Waals surface area contributed by atoms with Crippen LogP contribution in [0.15, 0.2) is 24.3 Å². The van der Waals surface area contributed by atoms with Gasteiger partial charge in [0.15, 0.2) is 0 Å². The largest absolute Gasteiger partial charge is 0.497 e. The van der Waals surface area contributed by atoms with E-state index >= 15 is 0 Å². The number of hydrogen-bond donors (Lipinski definition) is 2. The number of aliphatic carboxylic acids is 1. The first-order valence-corrected chi connectivity index (χ1v) is 7.17. The Balaban J connectivity index is 2.20. The van der Waals surface area contributed by atoms with Crippen molar-refractivity contribution >= 4 is 11.9 Å². The third-order valence-corrected chi connectivity index (χ3v) is 4.09. The molecular formula is C16H21NO4. The molecule has 2 unspecified atom stereocenters. The van der Waals surface area contributed by atoms with Crippen LogP contribution in [0.2, 0.25) is 0 Å². The molecule has 0 radical (unpaired) electrons. The summed E-state index contributed by atoms with van der Waals surface area (Å²) >= 11 is 0. The summed E-state index contributed by atoms with van der Waals surface area (Å²) in [5, 5.41) is 12.3. The molecule has 1 aromatic carbocycles. The third-order valence-electron chi connectivity index (χ3n) is 4.09. The summed E-state index contributed by atoms with van der Waals surface area (Å²) in [6, 6.07) is 6.72. The lowest BCUT2D eigenvalue weighted by atomic mass is 9.76. The number of carboxylic acids is 1. The summed E-state index contributed by atoms with van der Waals surface area (Å²) in [7, 11) is 1.53. The fraction of sp³-hybridized carbons (Fsp3) is 0.500. The van der Waals surface area contributed by atoms with Crippen LogP contribution in [-0.2, 0) is 4.79 Å². The summed E-state index contributed by atoms with van der Waals surface area (Å²) in [5.74, 6) is -0.458. The number of hydrogen-bond acceptors (Lipinski definition) is 3. The molecule has 1 saturated carbocycles. The van der Waals surface area contributed by atoms with Gasteiger partial charge in [0.1, 0.15) is 11.3 Å². The van der Waals surface area contributed by atoms with E-state index in [9.17, 15) is 14.7 Å². The standard InChI is InChI=1S/C16H21NO4/c1-11-5-4-8-16(10-11,15(19)20)17-14(18)12-6-3-7-13(9-12)21-2/h3,6-7,9,11H,4-5,8,10H2,1-2H3,(H,17,18)(H,19,20). The lowest BCUT2D eigenvalue weighted by molar-refractivity contribution is -0.146. The zero-order valence-electron chi connectivity index (χ0n) is 12.4. The molecule has 0 spiro atoms. The van der Waals surface area contributed by atoms with E-state index in [0.29, 0.717) is 30.1 Å². The van der Waals surface area contributed by atoms with Gasteiger partial charge in [0.2, 0.25) is 0 Å². The number of nitrogens with one attached hydrogen (secondary N) is 1. The molecule has 1 fully saturated rings. The molecule has 0 aromatic heterocycles. The number of carbonyl (C=O) groups is 2. The number of amides is 1. The summed E-state index contributed by atoms with van der Waals surface area (Å²) in [6.07, 6.45) is 2.76. The lowest BCUT2D eigenvalue weighted by Gasteiger charge is -2.37. The fourth-order valence-electron chi connectivity index (χ4n) is 2.97. The van der Waals surface area contributed by atoms with Crippen LogP contribution in [0.1, 0.15) is 43.0 Å². The van der Waals surface area contributed by atoms with Crippen molar-refractivity contribution in [3.05, 3.63) is 29.8 Å². The van der Waals surface area contributed by atoms with E-state index in [1.807, 2.05) is 6.92 Å². The molecule has 0 heterocycles. The maximum Gasteiger partial charge on any atom is 0.329 e. The molecule has 1 amide bonds. The molecule has 114 valence electrons. The monoisotopic (exact) mass is 291 g/mol. The smallest absolute Gasteiger partial charge is 0.329 e. The summed E-state index contributed by atoms with van der Waals surface area (Å²) in [6.45, 7) is 2.02. The second-order valence-electron chi connectivity index (χ2n) is 5.77. The highest BCUT2D eigenvalue weighted by atomic mass is 16.5. The predicted octanol–water partition coefficient (Wildman–Crippen LogP) is 2.46. The summed E-state index contributed by atoms with van der Waals surface area (Å²) in [4.78, 5) is 24.0. The van der Waals surface area contributed by atoms with E-state index in [4.69, 9.17) is 4.74 Å². The first-order valence-electron chi connectivity index (χ1n) is 7.17. The van der Waals surface area contributed by atoms with Gasteiger partial charge in [-0.1, -0.05) is 25.8 Å². The molecule has 5 heteroatoms. The normalized spacial score (nSPS) is 25.1. The molecule has 5 nitrogen and oxygen atoms in total. The molecule has 1 aliphatic carbocycles. The van der Waals surface area contributed by atoms with Gasteiger partial charge in [0.25, 0.3) is 5.91 Å². The molecule has 1 aliphatic rings. The van der Waals surface area contributed by atoms with Crippen molar-refractivity contribution in [2.45, 2.75) is 38.1 Å². The average Bonchev–Trinajstić information content (AvgIpc) is 2.47. The molecule has 1 aromatic rings. The van der Waals surface area contributed by atoms with Gasteiger partial charge in [0, 0.05) is 5.56 Å². The van der Waals surface area contributed by atoms with E-state index in [1.165, 1.54) is 7.11 Å². The lowest BCUT2D eigenvalue weighted by Crippen LogP contribution is -2.56. The third kappa shape index (κ3) is 3.35. The maximum atomic E-state index is 12.4. The van der Waals surface area contributed by atoms with Gasteiger partial charge in [-0.25, -0.2) is 4.79 Å². The maximum absolute atomic E-state index is 12.4. The second kappa shape index (κ2) is 6.16. The van der Waals surface area contributed by atoms with Gasteiger partial charge in [-0.05, 0) is 37.0 Å². The van der Waals surface area contributed by atoms with Gasteiger partial charge < -0.3 is 15.2 Å². The van der Waals surface area contributed by atoms with Crippen molar-refractivity contribution in [1.29, 1.82) is 0 Å². The number of carbonyl (C=O) groups excluding carboxylic acids is 1. The topological polar surface area (TPSA) is 75.6 Å². The number of rotatable bonds is 4. The van der Waals surface area contributed by atoms with Crippen LogP contribution in [-0.4, -0.2) is 29.6 Å². The van der Waals surface area contributed by atoms with Crippen LogP contribution < -0.4 is 10.1 Å². The van der Waals surface area contributed by atoms with E-state index in [1.54, 1.807) is 24.3 Å². The van der Waals surface area contributed by atoms with Crippen LogP contribution in [0.5, 0.6) is 5.75 Å². The van der Waals surface area contributed by atoms with Crippen molar-refractivity contribution in [3.8, 4) is 5.75 Å². The Morgan fingerprint density at radius 3 is 2.81 bits per heavy atom. The molecule has 2 atom stereocenters. The van der Waals surface area contributed by atoms with Crippen LogP contribution in [0, 0.1) is 5.92 Å². The van der Waals surface area contributed by atoms with Gasteiger partial charge in [-0.2, -0.15) is 0 Å². The van der Waals surface area contributed by atoms with Crippen LogP contribution in [0.25, 0.3) is 0 Å². The Hall–Kier alpha value is -2.04. The van der Waals surface area contributed by atoms with Gasteiger partial charge in [0.05, 0.1) is 7.11 Å². The minimum Gasteiger partial charge on any atom is -0.497 e. The predicted molar refractivity (Wildman–Crippen MR) is 78.5 cm³/mol. The molecule has 0 saturated heterocycles.